The van der Waals surface area contributed by atoms with Crippen LogP contribution >= 0.6 is 0 Å². The molecule has 1 unspecified atom stereocenters. The van der Waals surface area contributed by atoms with Gasteiger partial charge in [0.2, 0.25) is 5.56 Å². The second kappa shape index (κ2) is 3.95. The molecule has 5 heteroatoms. The monoisotopic (exact) mass is 248 g/mol. The summed E-state index contributed by atoms with van der Waals surface area (Å²) in [6.07, 6.45) is 4.22. The van der Waals surface area contributed by atoms with E-state index in [0.29, 0.717) is 31.0 Å². The molecular weight excluding hydrogens is 232 g/mol. The van der Waals surface area contributed by atoms with E-state index in [1.807, 2.05) is 0 Å². The van der Waals surface area contributed by atoms with Gasteiger partial charge in [0.15, 0.2) is 0 Å². The van der Waals surface area contributed by atoms with E-state index in [-0.39, 0.29) is 11.5 Å². The van der Waals surface area contributed by atoms with Crippen molar-refractivity contribution < 1.29 is 9.90 Å². The third-order valence-electron chi connectivity index (χ3n) is 3.93. The molecule has 1 aliphatic heterocycles. The number of aliphatic hydroxyl groups is 1. The molecule has 1 aliphatic carbocycles. The lowest BCUT2D eigenvalue weighted by Gasteiger charge is -2.23. The lowest BCUT2D eigenvalue weighted by atomic mass is 9.97. The molecule has 1 atom stereocenters. The average Bonchev–Trinajstić information content (AvgIpc) is 3.14. The van der Waals surface area contributed by atoms with E-state index in [1.165, 1.54) is 18.3 Å². The van der Waals surface area contributed by atoms with Gasteiger partial charge in [-0.15, -0.1) is 0 Å². The van der Waals surface area contributed by atoms with Gasteiger partial charge in [0.05, 0.1) is 17.7 Å². The van der Waals surface area contributed by atoms with Crippen LogP contribution in [0.1, 0.15) is 29.6 Å². The molecule has 0 aromatic carbocycles. The molecule has 0 spiro atoms. The van der Waals surface area contributed by atoms with Crippen LogP contribution in [0.25, 0.3) is 0 Å². The van der Waals surface area contributed by atoms with Crippen molar-refractivity contribution in [2.24, 2.45) is 5.92 Å². The molecule has 1 aromatic rings. The summed E-state index contributed by atoms with van der Waals surface area (Å²) in [5, 5.41) is 10.4. The summed E-state index contributed by atoms with van der Waals surface area (Å²) in [7, 11) is 0. The normalized spacial score (nSPS) is 27.5. The van der Waals surface area contributed by atoms with Crippen LogP contribution in [0, 0.1) is 5.92 Å². The topological polar surface area (TPSA) is 73.4 Å². The number of hydrogen-bond acceptors (Lipinski definition) is 3. The summed E-state index contributed by atoms with van der Waals surface area (Å²) in [5.74, 6) is 0.244. The Bertz CT molecular complexity index is 515. The first kappa shape index (κ1) is 11.5. The zero-order chi connectivity index (χ0) is 12.8. The van der Waals surface area contributed by atoms with Gasteiger partial charge in [-0.05, 0) is 31.2 Å². The Morgan fingerprint density at radius 1 is 1.44 bits per heavy atom. The van der Waals surface area contributed by atoms with Crippen molar-refractivity contribution in [1.82, 2.24) is 9.88 Å². The van der Waals surface area contributed by atoms with Crippen LogP contribution in [0.5, 0.6) is 0 Å². The van der Waals surface area contributed by atoms with E-state index >= 15 is 0 Å². The van der Waals surface area contributed by atoms with E-state index < -0.39 is 5.60 Å². The quantitative estimate of drug-likeness (QED) is 0.793. The Morgan fingerprint density at radius 2 is 2.22 bits per heavy atom. The van der Waals surface area contributed by atoms with Crippen molar-refractivity contribution in [3.05, 3.63) is 34.2 Å². The lowest BCUT2D eigenvalue weighted by molar-refractivity contribution is 0.0257. The molecule has 1 aromatic heterocycles. The summed E-state index contributed by atoms with van der Waals surface area (Å²) in [6.45, 7) is 1.00. The maximum atomic E-state index is 12.2. The number of nitrogens with zero attached hydrogens (tertiary/aromatic N) is 1. The highest BCUT2D eigenvalue weighted by Crippen LogP contribution is 2.44. The number of amides is 1. The fourth-order valence-corrected chi connectivity index (χ4v) is 2.67. The fraction of sp³-hybridized carbons (Fsp3) is 0.538. The highest BCUT2D eigenvalue weighted by atomic mass is 16.3. The molecule has 1 saturated heterocycles. The number of carbonyl (C=O) groups excluding carboxylic acids is 1. The largest absolute Gasteiger partial charge is 0.388 e. The second-order valence-electron chi connectivity index (χ2n) is 5.30. The summed E-state index contributed by atoms with van der Waals surface area (Å²) >= 11 is 0. The summed E-state index contributed by atoms with van der Waals surface area (Å²) in [5.41, 5.74) is -0.435. The van der Waals surface area contributed by atoms with E-state index in [2.05, 4.69) is 4.98 Å². The third-order valence-corrected chi connectivity index (χ3v) is 3.93. The third kappa shape index (κ3) is 1.95. The lowest BCUT2D eigenvalue weighted by Crippen LogP contribution is -2.37. The van der Waals surface area contributed by atoms with Crippen LogP contribution < -0.4 is 5.56 Å². The smallest absolute Gasteiger partial charge is 0.255 e. The zero-order valence-electron chi connectivity index (χ0n) is 10.1. The number of pyridine rings is 1. The highest BCUT2D eigenvalue weighted by Gasteiger charge is 2.48. The molecule has 0 radical (unpaired) electrons. The molecule has 1 amide bonds. The standard InChI is InChI=1S/C13H16N2O3/c16-11-4-1-9(7-14-11)12(17)15-6-5-13(18,8-15)10-2-3-10/h1,4,7,10,18H,2-3,5-6,8H2,(H,14,16). The number of β-amino-alcohol motifs (C(OH)–C–C–N with tert-alkyl or cyclic N) is 1. The van der Waals surface area contributed by atoms with Crippen LogP contribution in [-0.4, -0.2) is 39.6 Å². The first-order chi connectivity index (χ1) is 8.58. The van der Waals surface area contributed by atoms with Gasteiger partial charge < -0.3 is 15.0 Å². The second-order valence-corrected chi connectivity index (χ2v) is 5.30. The van der Waals surface area contributed by atoms with Gasteiger partial charge in [-0.25, -0.2) is 0 Å². The molecule has 3 rings (SSSR count). The minimum Gasteiger partial charge on any atom is -0.388 e. The molecular formula is C13H16N2O3. The summed E-state index contributed by atoms with van der Waals surface area (Å²) < 4.78 is 0. The highest BCUT2D eigenvalue weighted by molar-refractivity contribution is 5.94. The molecule has 5 nitrogen and oxygen atoms in total. The van der Waals surface area contributed by atoms with Crippen molar-refractivity contribution in [2.75, 3.05) is 13.1 Å². The predicted molar refractivity (Wildman–Crippen MR) is 65.3 cm³/mol. The van der Waals surface area contributed by atoms with Crippen molar-refractivity contribution >= 4 is 5.91 Å². The van der Waals surface area contributed by atoms with Crippen molar-refractivity contribution in [3.63, 3.8) is 0 Å². The van der Waals surface area contributed by atoms with Crippen LogP contribution in [-0.2, 0) is 0 Å². The maximum Gasteiger partial charge on any atom is 0.255 e. The van der Waals surface area contributed by atoms with Gasteiger partial charge in [0, 0.05) is 18.8 Å². The average molecular weight is 248 g/mol. The van der Waals surface area contributed by atoms with E-state index in [4.69, 9.17) is 0 Å². The SMILES string of the molecule is O=C(c1ccc(=O)[nH]c1)N1CCC(O)(C2CC2)C1. The van der Waals surface area contributed by atoms with Crippen LogP contribution in [0.4, 0.5) is 0 Å². The van der Waals surface area contributed by atoms with Gasteiger partial charge in [0.25, 0.3) is 5.91 Å². The zero-order valence-corrected chi connectivity index (χ0v) is 10.1. The Balaban J connectivity index is 1.74. The molecule has 2 N–H and O–H groups in total. The van der Waals surface area contributed by atoms with Gasteiger partial charge in [-0.2, -0.15) is 0 Å². The van der Waals surface area contributed by atoms with Gasteiger partial charge in [-0.3, -0.25) is 9.59 Å². The Kier molecular flexibility index (Phi) is 2.52. The Morgan fingerprint density at radius 3 is 2.83 bits per heavy atom. The number of H-pyrrole nitrogens is 1. The van der Waals surface area contributed by atoms with Crippen molar-refractivity contribution in [1.29, 1.82) is 0 Å². The number of aromatic amines is 1. The van der Waals surface area contributed by atoms with Crippen LogP contribution in [0.2, 0.25) is 0 Å². The number of nitrogens with one attached hydrogen (secondary N) is 1. The number of likely N-dealkylation sites (tertiary alicyclic amines) is 1. The number of rotatable bonds is 2. The number of hydrogen-bond donors (Lipinski definition) is 2. The molecule has 2 aliphatic rings. The molecule has 1 saturated carbocycles. The first-order valence-corrected chi connectivity index (χ1v) is 6.29. The molecule has 18 heavy (non-hydrogen) atoms. The summed E-state index contributed by atoms with van der Waals surface area (Å²) in [4.78, 5) is 27.3. The first-order valence-electron chi connectivity index (χ1n) is 6.29. The Labute approximate surface area is 104 Å². The molecule has 96 valence electrons. The Hall–Kier alpha value is -1.62. The van der Waals surface area contributed by atoms with E-state index in [0.717, 1.165) is 12.8 Å². The number of carbonyl (C=O) groups is 1. The van der Waals surface area contributed by atoms with E-state index in [9.17, 15) is 14.7 Å². The van der Waals surface area contributed by atoms with Crippen LogP contribution in [0.3, 0.4) is 0 Å². The van der Waals surface area contributed by atoms with Gasteiger partial charge >= 0.3 is 0 Å². The predicted octanol–water partition coefficient (Wildman–Crippen LogP) is 0.362. The van der Waals surface area contributed by atoms with Gasteiger partial charge in [0.1, 0.15) is 0 Å². The molecule has 0 bridgehead atoms. The van der Waals surface area contributed by atoms with Crippen LogP contribution in [0.15, 0.2) is 23.1 Å². The minimum atomic E-state index is -0.683. The van der Waals surface area contributed by atoms with Gasteiger partial charge in [-0.1, -0.05) is 0 Å². The fourth-order valence-electron chi connectivity index (χ4n) is 2.67. The van der Waals surface area contributed by atoms with Crippen molar-refractivity contribution in [2.45, 2.75) is 24.9 Å². The molecule has 2 fully saturated rings. The molecule has 2 heterocycles. The van der Waals surface area contributed by atoms with E-state index in [1.54, 1.807) is 4.90 Å². The van der Waals surface area contributed by atoms with Crippen molar-refractivity contribution in [3.8, 4) is 0 Å². The minimum absolute atomic E-state index is 0.122. The maximum absolute atomic E-state index is 12.2. The summed E-state index contributed by atoms with van der Waals surface area (Å²) in [6, 6.07) is 2.87. The number of aromatic nitrogens is 1.